The first kappa shape index (κ1) is 22.6. The Morgan fingerprint density at radius 2 is 1.12 bits per heavy atom. The van der Waals surface area contributed by atoms with Crippen LogP contribution in [0.3, 0.4) is 0 Å². The van der Waals surface area contributed by atoms with Gasteiger partial charge in [-0.15, -0.1) is 0 Å². The Hall–Kier alpha value is -1.42. The van der Waals surface area contributed by atoms with Crippen LogP contribution in [0.2, 0.25) is 0 Å². The third-order valence-electron chi connectivity index (χ3n) is 2.86. The lowest BCUT2D eigenvalue weighted by atomic mass is 10.1. The van der Waals surface area contributed by atoms with Crippen LogP contribution in [-0.2, 0) is 28.7 Å². The van der Waals surface area contributed by atoms with E-state index in [1.165, 1.54) is 0 Å². The number of carbonyl (C=O) groups excluding carboxylic acids is 4. The molecule has 8 nitrogen and oxygen atoms in total. The first-order chi connectivity index (χ1) is 11.4. The Morgan fingerprint density at radius 3 is 1.38 bits per heavy atom. The zero-order valence-electron chi connectivity index (χ0n) is 13.7. The third-order valence-corrected chi connectivity index (χ3v) is 3.59. The summed E-state index contributed by atoms with van der Waals surface area (Å²) in [7, 11) is 0. The van der Waals surface area contributed by atoms with Crippen LogP contribution in [-0.4, -0.2) is 61.6 Å². The highest BCUT2D eigenvalue weighted by Crippen LogP contribution is 2.04. The number of ether oxygens (including phenoxy) is 2. The summed E-state index contributed by atoms with van der Waals surface area (Å²) in [6, 6.07) is 0. The molecule has 2 N–H and O–H groups in total. The average molecular weight is 380 g/mol. The second-order valence-corrected chi connectivity index (χ2v) is 5.29. The van der Waals surface area contributed by atoms with Crippen molar-refractivity contribution in [2.45, 2.75) is 13.8 Å². The third kappa shape index (κ3) is 7.91. The number of hydrogen-bond donors (Lipinski definition) is 4. The van der Waals surface area contributed by atoms with Crippen molar-refractivity contribution in [1.29, 1.82) is 0 Å². The SMILES string of the molecule is CCOC(=O)C(CS)C(=O)NCCNC(=O)C(CS)C(=O)OCC. The molecule has 0 radical (unpaired) electrons. The lowest BCUT2D eigenvalue weighted by Gasteiger charge is -2.15. The number of amides is 2. The van der Waals surface area contributed by atoms with Crippen molar-refractivity contribution >= 4 is 49.0 Å². The van der Waals surface area contributed by atoms with Crippen molar-refractivity contribution in [3.05, 3.63) is 0 Å². The van der Waals surface area contributed by atoms with Crippen LogP contribution < -0.4 is 10.6 Å². The molecule has 0 aliphatic carbocycles. The smallest absolute Gasteiger partial charge is 0.319 e. The summed E-state index contributed by atoms with van der Waals surface area (Å²) >= 11 is 7.91. The standard InChI is InChI=1S/C14H24N2O6S2/c1-3-21-13(19)9(7-23)11(17)15-5-6-16-12(18)10(8-24)14(20)22-4-2/h9-10,23-24H,3-8H2,1-2H3,(H,15,17)(H,16,18). The van der Waals surface area contributed by atoms with E-state index >= 15 is 0 Å². The van der Waals surface area contributed by atoms with E-state index in [4.69, 9.17) is 9.47 Å². The van der Waals surface area contributed by atoms with E-state index in [1.807, 2.05) is 0 Å². The summed E-state index contributed by atoms with van der Waals surface area (Å²) in [6.45, 7) is 3.81. The highest BCUT2D eigenvalue weighted by Gasteiger charge is 2.27. The number of thiol groups is 2. The molecule has 0 bridgehead atoms. The van der Waals surface area contributed by atoms with Crippen LogP contribution in [0.5, 0.6) is 0 Å². The molecule has 10 heteroatoms. The molecular formula is C14H24N2O6S2. The number of esters is 2. The predicted molar refractivity (Wildman–Crippen MR) is 94.0 cm³/mol. The van der Waals surface area contributed by atoms with Gasteiger partial charge in [0.15, 0.2) is 0 Å². The topological polar surface area (TPSA) is 111 Å². The summed E-state index contributed by atoms with van der Waals surface area (Å²) in [5, 5.41) is 5.00. The summed E-state index contributed by atoms with van der Waals surface area (Å²) in [5.74, 6) is -4.34. The molecule has 138 valence electrons. The van der Waals surface area contributed by atoms with E-state index in [-0.39, 0.29) is 37.8 Å². The van der Waals surface area contributed by atoms with Gasteiger partial charge in [-0.05, 0) is 13.8 Å². The van der Waals surface area contributed by atoms with Gasteiger partial charge >= 0.3 is 11.9 Å². The molecule has 0 aliphatic rings. The maximum atomic E-state index is 11.9. The second-order valence-electron chi connectivity index (χ2n) is 4.56. The zero-order valence-corrected chi connectivity index (χ0v) is 15.5. The van der Waals surface area contributed by atoms with E-state index in [1.54, 1.807) is 13.8 Å². The van der Waals surface area contributed by atoms with E-state index in [0.29, 0.717) is 0 Å². The predicted octanol–water partition coefficient (Wildman–Crippen LogP) is -0.563. The van der Waals surface area contributed by atoms with Gasteiger partial charge in [-0.1, -0.05) is 0 Å². The molecule has 0 heterocycles. The molecule has 2 unspecified atom stereocenters. The molecule has 24 heavy (non-hydrogen) atoms. The van der Waals surface area contributed by atoms with Crippen LogP contribution in [0, 0.1) is 11.8 Å². The minimum Gasteiger partial charge on any atom is -0.465 e. The molecule has 0 spiro atoms. The van der Waals surface area contributed by atoms with Crippen LogP contribution in [0.1, 0.15) is 13.8 Å². The molecular weight excluding hydrogens is 356 g/mol. The lowest BCUT2D eigenvalue weighted by molar-refractivity contribution is -0.152. The van der Waals surface area contributed by atoms with E-state index in [9.17, 15) is 19.2 Å². The Morgan fingerprint density at radius 1 is 0.792 bits per heavy atom. The molecule has 0 aliphatic heterocycles. The maximum Gasteiger partial charge on any atom is 0.319 e. The Kier molecular flexibility index (Phi) is 12.2. The van der Waals surface area contributed by atoms with Crippen molar-refractivity contribution in [3.63, 3.8) is 0 Å². The zero-order chi connectivity index (χ0) is 18.5. The molecule has 0 saturated carbocycles. The number of hydrogen-bond acceptors (Lipinski definition) is 8. The normalized spacial score (nSPS) is 12.7. The molecule has 0 fully saturated rings. The van der Waals surface area contributed by atoms with Gasteiger partial charge in [-0.25, -0.2) is 0 Å². The van der Waals surface area contributed by atoms with Crippen LogP contribution in [0.15, 0.2) is 0 Å². The summed E-state index contributed by atoms with van der Waals surface area (Å²) in [6.07, 6.45) is 0. The van der Waals surface area contributed by atoms with Crippen LogP contribution >= 0.6 is 25.3 Å². The van der Waals surface area contributed by atoms with E-state index < -0.39 is 35.6 Å². The second kappa shape index (κ2) is 12.9. The van der Waals surface area contributed by atoms with Crippen molar-refractivity contribution in [2.75, 3.05) is 37.8 Å². The van der Waals surface area contributed by atoms with Crippen molar-refractivity contribution < 1.29 is 28.7 Å². The Labute approximate surface area is 152 Å². The molecule has 0 rings (SSSR count). The molecule has 2 atom stereocenters. The quantitative estimate of drug-likeness (QED) is 0.165. The Balaban J connectivity index is 4.27. The minimum absolute atomic E-state index is 0.0155. The lowest BCUT2D eigenvalue weighted by Crippen LogP contribution is -2.43. The first-order valence-corrected chi connectivity index (χ1v) is 8.79. The van der Waals surface area contributed by atoms with Gasteiger partial charge in [-0.2, -0.15) is 25.3 Å². The van der Waals surface area contributed by atoms with Crippen molar-refractivity contribution in [3.8, 4) is 0 Å². The Bertz CT molecular complexity index is 407. The fourth-order valence-electron chi connectivity index (χ4n) is 1.63. The van der Waals surface area contributed by atoms with Gasteiger partial charge in [0.05, 0.1) is 13.2 Å². The average Bonchev–Trinajstić information content (AvgIpc) is 2.53. The van der Waals surface area contributed by atoms with E-state index in [2.05, 4.69) is 35.9 Å². The van der Waals surface area contributed by atoms with Crippen LogP contribution in [0.4, 0.5) is 0 Å². The summed E-state index contributed by atoms with van der Waals surface area (Å²) in [4.78, 5) is 46.8. The molecule has 0 aromatic heterocycles. The number of nitrogens with one attached hydrogen (secondary N) is 2. The van der Waals surface area contributed by atoms with Gasteiger partial charge in [0.1, 0.15) is 11.8 Å². The fourth-order valence-corrected chi connectivity index (χ4v) is 2.26. The van der Waals surface area contributed by atoms with Crippen LogP contribution in [0.25, 0.3) is 0 Å². The van der Waals surface area contributed by atoms with Gasteiger partial charge in [0.2, 0.25) is 11.8 Å². The number of rotatable bonds is 11. The maximum absolute atomic E-state index is 11.9. The van der Waals surface area contributed by atoms with Gasteiger partial charge in [-0.3, -0.25) is 19.2 Å². The highest BCUT2D eigenvalue weighted by molar-refractivity contribution is 7.80. The van der Waals surface area contributed by atoms with Crippen molar-refractivity contribution in [1.82, 2.24) is 10.6 Å². The van der Waals surface area contributed by atoms with Gasteiger partial charge < -0.3 is 20.1 Å². The number of carbonyl (C=O) groups is 4. The summed E-state index contributed by atoms with van der Waals surface area (Å²) < 4.78 is 9.56. The van der Waals surface area contributed by atoms with Crippen molar-refractivity contribution in [2.24, 2.45) is 11.8 Å². The molecule has 0 aromatic rings. The van der Waals surface area contributed by atoms with Gasteiger partial charge in [0.25, 0.3) is 0 Å². The first-order valence-electron chi connectivity index (χ1n) is 7.53. The molecule has 2 amide bonds. The van der Waals surface area contributed by atoms with Gasteiger partial charge in [0, 0.05) is 24.6 Å². The minimum atomic E-state index is -1.01. The highest BCUT2D eigenvalue weighted by atomic mass is 32.1. The monoisotopic (exact) mass is 380 g/mol. The summed E-state index contributed by atoms with van der Waals surface area (Å²) in [5.41, 5.74) is 0. The fraction of sp³-hybridized carbons (Fsp3) is 0.714. The largest absolute Gasteiger partial charge is 0.465 e. The molecule has 0 saturated heterocycles. The molecule has 0 aromatic carbocycles. The van der Waals surface area contributed by atoms with E-state index in [0.717, 1.165) is 0 Å².